The zero-order chi connectivity index (χ0) is 22.2. The fraction of sp³-hybridized carbons (Fsp3) is 0.280. The van der Waals surface area contributed by atoms with Gasteiger partial charge >= 0.3 is 0 Å². The van der Waals surface area contributed by atoms with Crippen molar-refractivity contribution in [1.29, 1.82) is 0 Å². The molecule has 4 N–H and O–H groups in total. The maximum Gasteiger partial charge on any atom is 0.211 e. The fourth-order valence-corrected chi connectivity index (χ4v) is 5.01. The summed E-state index contributed by atoms with van der Waals surface area (Å²) in [4.78, 5) is 3.28. The smallest absolute Gasteiger partial charge is 0.211 e. The average Bonchev–Trinajstić information content (AvgIpc) is 3.22. The highest BCUT2D eigenvalue weighted by Gasteiger charge is 2.09. The van der Waals surface area contributed by atoms with Crippen LogP contribution < -0.4 is 15.4 Å². The second-order valence-electron chi connectivity index (χ2n) is 7.88. The first-order chi connectivity index (χ1) is 15.6. The van der Waals surface area contributed by atoms with E-state index >= 15 is 0 Å². The van der Waals surface area contributed by atoms with Crippen molar-refractivity contribution in [2.24, 2.45) is 0 Å². The lowest BCUT2D eigenvalue weighted by Crippen LogP contribution is -2.32. The SMILES string of the molecule is O=S(=O)(CCCNCCc1c[nH]c2ccccc12)NCCNc1cccc2ccccc12. The Hall–Kier alpha value is -2.87. The minimum absolute atomic E-state index is 0.126. The van der Waals surface area contributed by atoms with E-state index in [9.17, 15) is 8.42 Å². The second-order valence-corrected chi connectivity index (χ2v) is 9.81. The molecule has 0 aliphatic heterocycles. The highest BCUT2D eigenvalue weighted by atomic mass is 32.2. The van der Waals surface area contributed by atoms with Crippen molar-refractivity contribution in [3.05, 3.63) is 78.5 Å². The molecular formula is C25H30N4O2S. The Labute approximate surface area is 189 Å². The molecule has 0 atom stereocenters. The van der Waals surface area contributed by atoms with Crippen LogP contribution in [0.25, 0.3) is 21.7 Å². The Balaban J connectivity index is 1.12. The van der Waals surface area contributed by atoms with Gasteiger partial charge in [0, 0.05) is 41.3 Å². The number of aromatic amines is 1. The van der Waals surface area contributed by atoms with E-state index in [1.54, 1.807) is 0 Å². The Morgan fingerprint density at radius 2 is 1.56 bits per heavy atom. The molecule has 0 fully saturated rings. The van der Waals surface area contributed by atoms with Crippen LogP contribution in [0.4, 0.5) is 5.69 Å². The summed E-state index contributed by atoms with van der Waals surface area (Å²) < 4.78 is 27.2. The van der Waals surface area contributed by atoms with Crippen LogP contribution in [-0.4, -0.2) is 45.3 Å². The van der Waals surface area contributed by atoms with Gasteiger partial charge in [-0.1, -0.05) is 54.6 Å². The number of hydrogen-bond donors (Lipinski definition) is 4. The van der Waals surface area contributed by atoms with Gasteiger partial charge in [-0.25, -0.2) is 13.1 Å². The molecule has 3 aromatic carbocycles. The van der Waals surface area contributed by atoms with Crippen molar-refractivity contribution in [3.8, 4) is 0 Å². The predicted molar refractivity (Wildman–Crippen MR) is 134 cm³/mol. The van der Waals surface area contributed by atoms with Crippen LogP contribution in [0.3, 0.4) is 0 Å². The molecule has 6 nitrogen and oxygen atoms in total. The van der Waals surface area contributed by atoms with Gasteiger partial charge in [-0.15, -0.1) is 0 Å². The van der Waals surface area contributed by atoms with Crippen LogP contribution in [-0.2, 0) is 16.4 Å². The summed E-state index contributed by atoms with van der Waals surface area (Å²) in [6, 6.07) is 22.5. The van der Waals surface area contributed by atoms with Gasteiger partial charge in [0.25, 0.3) is 0 Å². The van der Waals surface area contributed by atoms with Crippen molar-refractivity contribution in [2.45, 2.75) is 12.8 Å². The number of H-pyrrole nitrogens is 1. The lowest BCUT2D eigenvalue weighted by Gasteiger charge is -2.11. The van der Waals surface area contributed by atoms with E-state index < -0.39 is 10.0 Å². The number of rotatable bonds is 12. The van der Waals surface area contributed by atoms with Crippen molar-refractivity contribution in [3.63, 3.8) is 0 Å². The lowest BCUT2D eigenvalue weighted by molar-refractivity contribution is 0.576. The molecule has 0 bridgehead atoms. The standard InChI is InChI=1S/C25H30N4O2S/c30-32(31,29-17-16-27-24-12-5-8-20-7-1-2-9-22(20)24)18-6-14-26-15-13-21-19-28-25-11-4-3-10-23(21)25/h1-5,7-12,19,26-29H,6,13-18H2. The van der Waals surface area contributed by atoms with Crippen LogP contribution in [0, 0.1) is 0 Å². The largest absolute Gasteiger partial charge is 0.383 e. The Morgan fingerprint density at radius 1 is 0.781 bits per heavy atom. The van der Waals surface area contributed by atoms with Crippen molar-refractivity contribution >= 4 is 37.4 Å². The normalized spacial score (nSPS) is 11.9. The quantitative estimate of drug-likeness (QED) is 0.247. The van der Waals surface area contributed by atoms with Crippen LogP contribution in [0.5, 0.6) is 0 Å². The number of anilines is 1. The number of benzene rings is 3. The zero-order valence-corrected chi connectivity index (χ0v) is 18.9. The van der Waals surface area contributed by atoms with E-state index in [-0.39, 0.29) is 5.75 Å². The van der Waals surface area contributed by atoms with Crippen LogP contribution >= 0.6 is 0 Å². The van der Waals surface area contributed by atoms with Crippen molar-refractivity contribution in [2.75, 3.05) is 37.2 Å². The van der Waals surface area contributed by atoms with E-state index in [0.717, 1.165) is 34.9 Å². The number of para-hydroxylation sites is 1. The van der Waals surface area contributed by atoms with Crippen LogP contribution in [0.15, 0.2) is 72.9 Å². The highest BCUT2D eigenvalue weighted by Crippen LogP contribution is 2.22. The van der Waals surface area contributed by atoms with Gasteiger partial charge in [0.05, 0.1) is 5.75 Å². The number of nitrogens with one attached hydrogen (secondary N) is 4. The first-order valence-corrected chi connectivity index (χ1v) is 12.7. The van der Waals surface area contributed by atoms with E-state index in [2.05, 4.69) is 50.7 Å². The molecule has 1 aromatic heterocycles. The van der Waals surface area contributed by atoms with Gasteiger partial charge < -0.3 is 15.6 Å². The summed E-state index contributed by atoms with van der Waals surface area (Å²) in [6.45, 7) is 2.40. The van der Waals surface area contributed by atoms with Gasteiger partial charge in [-0.2, -0.15) is 0 Å². The maximum atomic E-state index is 12.2. The summed E-state index contributed by atoms with van der Waals surface area (Å²) in [6.07, 6.45) is 3.54. The molecule has 0 saturated carbocycles. The number of sulfonamides is 1. The van der Waals surface area contributed by atoms with Crippen molar-refractivity contribution < 1.29 is 8.42 Å². The Kier molecular flexibility index (Phi) is 7.42. The van der Waals surface area contributed by atoms with Crippen LogP contribution in [0.1, 0.15) is 12.0 Å². The third-order valence-electron chi connectivity index (χ3n) is 5.56. The predicted octanol–water partition coefficient (Wildman–Crippen LogP) is 3.87. The number of fused-ring (bicyclic) bond motifs is 2. The Morgan fingerprint density at radius 3 is 2.47 bits per heavy atom. The van der Waals surface area contributed by atoms with E-state index in [4.69, 9.17) is 0 Å². The Bertz CT molecular complexity index is 1260. The minimum atomic E-state index is -3.27. The molecule has 0 radical (unpaired) electrons. The van der Waals surface area contributed by atoms with Gasteiger partial charge in [-0.3, -0.25) is 0 Å². The molecule has 4 rings (SSSR count). The molecule has 7 heteroatoms. The van der Waals surface area contributed by atoms with Crippen LogP contribution in [0.2, 0.25) is 0 Å². The van der Waals surface area contributed by atoms with Gasteiger partial charge in [-0.05, 0) is 49.0 Å². The molecule has 0 saturated heterocycles. The molecule has 32 heavy (non-hydrogen) atoms. The molecule has 0 unspecified atom stereocenters. The molecule has 0 amide bonds. The third-order valence-corrected chi connectivity index (χ3v) is 7.03. The average molecular weight is 451 g/mol. The van der Waals surface area contributed by atoms with Crippen molar-refractivity contribution in [1.82, 2.24) is 15.0 Å². The summed E-state index contributed by atoms with van der Waals surface area (Å²) in [5.74, 6) is 0.126. The first-order valence-electron chi connectivity index (χ1n) is 11.1. The number of hydrogen-bond acceptors (Lipinski definition) is 4. The molecule has 4 aromatic rings. The molecule has 0 aliphatic carbocycles. The monoisotopic (exact) mass is 450 g/mol. The number of aromatic nitrogens is 1. The fourth-order valence-electron chi connectivity index (χ4n) is 3.93. The summed E-state index contributed by atoms with van der Waals surface area (Å²) in [5.41, 5.74) is 3.44. The topological polar surface area (TPSA) is 86.0 Å². The minimum Gasteiger partial charge on any atom is -0.383 e. The van der Waals surface area contributed by atoms with E-state index in [0.29, 0.717) is 26.1 Å². The maximum absolute atomic E-state index is 12.2. The molecule has 0 spiro atoms. The van der Waals surface area contributed by atoms with Gasteiger partial charge in [0.1, 0.15) is 0 Å². The first kappa shape index (κ1) is 22.3. The molecule has 0 aliphatic rings. The lowest BCUT2D eigenvalue weighted by atomic mass is 10.1. The summed E-state index contributed by atoms with van der Waals surface area (Å²) >= 11 is 0. The summed E-state index contributed by atoms with van der Waals surface area (Å²) in [5, 5.41) is 10.2. The summed E-state index contributed by atoms with van der Waals surface area (Å²) in [7, 11) is -3.27. The molecule has 1 heterocycles. The van der Waals surface area contributed by atoms with Gasteiger partial charge in [0.2, 0.25) is 10.0 Å². The molecule has 168 valence electrons. The van der Waals surface area contributed by atoms with Gasteiger partial charge in [0.15, 0.2) is 0 Å². The molecular weight excluding hydrogens is 420 g/mol. The third kappa shape index (κ3) is 5.88. The van der Waals surface area contributed by atoms with E-state index in [1.807, 2.05) is 42.6 Å². The van der Waals surface area contributed by atoms with E-state index in [1.165, 1.54) is 10.9 Å². The highest BCUT2D eigenvalue weighted by molar-refractivity contribution is 7.89. The zero-order valence-electron chi connectivity index (χ0n) is 18.1. The second kappa shape index (κ2) is 10.6.